The van der Waals surface area contributed by atoms with E-state index in [1.807, 2.05) is 11.8 Å². The highest BCUT2D eigenvalue weighted by molar-refractivity contribution is 6.32. The number of pyridine rings is 1. The van der Waals surface area contributed by atoms with E-state index in [1.165, 1.54) is 0 Å². The van der Waals surface area contributed by atoms with E-state index in [0.717, 1.165) is 17.2 Å². The van der Waals surface area contributed by atoms with Crippen LogP contribution < -0.4 is 20.1 Å². The summed E-state index contributed by atoms with van der Waals surface area (Å²) in [6, 6.07) is 1.07. The monoisotopic (exact) mass is 394 g/mol. The fourth-order valence-corrected chi connectivity index (χ4v) is 3.08. The third kappa shape index (κ3) is 5.48. The Labute approximate surface area is 156 Å². The molecule has 0 spiro atoms. The maximum absolute atomic E-state index is 12.7. The van der Waals surface area contributed by atoms with Crippen LogP contribution in [0.4, 0.5) is 19.0 Å². The van der Waals surface area contributed by atoms with Gasteiger partial charge in [-0.1, -0.05) is 25.4 Å². The first kappa shape index (κ1) is 20.8. The highest BCUT2D eigenvalue weighted by Gasteiger charge is 2.35. The van der Waals surface area contributed by atoms with Crippen LogP contribution in [0.15, 0.2) is 12.3 Å². The number of carbonyl (C=O) groups excluding carboxylic acids is 1. The van der Waals surface area contributed by atoms with Crippen LogP contribution in [-0.2, 0) is 11.0 Å². The second-order valence-corrected chi connectivity index (χ2v) is 7.50. The lowest BCUT2D eigenvalue weighted by Gasteiger charge is -2.29. The second-order valence-electron chi connectivity index (χ2n) is 7.10. The van der Waals surface area contributed by atoms with Crippen molar-refractivity contribution in [1.82, 2.24) is 5.32 Å². The first-order valence-electron chi connectivity index (χ1n) is 8.74. The first-order chi connectivity index (χ1) is 12.1. The van der Waals surface area contributed by atoms with E-state index in [-0.39, 0.29) is 17.0 Å². The number of amides is 1. The maximum Gasteiger partial charge on any atom is 0.419 e. The molecule has 0 aromatic carbocycles. The molecular formula is C17H26ClF3N4O+2. The highest BCUT2D eigenvalue weighted by atomic mass is 35.5. The average Bonchev–Trinajstić information content (AvgIpc) is 2.54. The summed E-state index contributed by atoms with van der Waals surface area (Å²) < 4.78 is 38.2. The maximum atomic E-state index is 12.7. The van der Waals surface area contributed by atoms with Crippen LogP contribution in [0.25, 0.3) is 0 Å². The topological polar surface area (TPSA) is 50.9 Å². The van der Waals surface area contributed by atoms with Gasteiger partial charge in [0.15, 0.2) is 6.54 Å². The van der Waals surface area contributed by atoms with Crippen molar-refractivity contribution < 1.29 is 27.8 Å². The molecule has 5 nitrogen and oxygen atoms in total. The van der Waals surface area contributed by atoms with Gasteiger partial charge in [0.2, 0.25) is 0 Å². The van der Waals surface area contributed by atoms with Crippen LogP contribution in [0.3, 0.4) is 0 Å². The molecule has 26 heavy (non-hydrogen) atoms. The van der Waals surface area contributed by atoms with Crippen LogP contribution in [0.2, 0.25) is 5.02 Å². The lowest BCUT2D eigenvalue weighted by atomic mass is 10.1. The first-order valence-corrected chi connectivity index (χ1v) is 9.12. The molecule has 1 aliphatic heterocycles. The molecule has 0 saturated carbocycles. The number of hydrogen-bond donors (Lipinski definition) is 2. The van der Waals surface area contributed by atoms with Crippen molar-refractivity contribution in [3.8, 4) is 0 Å². The molecule has 9 heteroatoms. The van der Waals surface area contributed by atoms with E-state index >= 15 is 0 Å². The SMILES string of the molecule is CC(C)[C@H](C)NC(=O)C[NH+]1CCN(c2[nH+]cc(C(F)(F)F)cc2Cl)CC1. The van der Waals surface area contributed by atoms with Crippen molar-refractivity contribution in [2.75, 3.05) is 37.6 Å². The fourth-order valence-electron chi connectivity index (χ4n) is 2.79. The Morgan fingerprint density at radius 1 is 1.35 bits per heavy atom. The van der Waals surface area contributed by atoms with Crippen LogP contribution in [-0.4, -0.2) is 44.7 Å². The van der Waals surface area contributed by atoms with E-state index < -0.39 is 11.7 Å². The number of nitrogens with zero attached hydrogens (tertiary/aromatic N) is 1. The molecule has 1 aromatic rings. The number of nitrogens with one attached hydrogen (secondary N) is 3. The number of piperazine rings is 1. The zero-order valence-electron chi connectivity index (χ0n) is 15.2. The van der Waals surface area contributed by atoms with Gasteiger partial charge in [-0.3, -0.25) is 4.79 Å². The Bertz CT molecular complexity index is 631. The Morgan fingerprint density at radius 2 is 1.96 bits per heavy atom. The van der Waals surface area contributed by atoms with Crippen LogP contribution in [0.1, 0.15) is 26.3 Å². The zero-order valence-corrected chi connectivity index (χ0v) is 16.0. The summed E-state index contributed by atoms with van der Waals surface area (Å²) in [4.78, 5) is 17.8. The summed E-state index contributed by atoms with van der Waals surface area (Å²) in [5, 5.41) is 3.04. The number of quaternary nitrogens is 1. The average molecular weight is 395 g/mol. The van der Waals surface area contributed by atoms with Crippen molar-refractivity contribution in [3.05, 3.63) is 22.8 Å². The smallest absolute Gasteiger partial charge is 0.348 e. The van der Waals surface area contributed by atoms with Crippen LogP contribution in [0, 0.1) is 5.92 Å². The minimum Gasteiger partial charge on any atom is -0.348 e. The van der Waals surface area contributed by atoms with Gasteiger partial charge in [-0.2, -0.15) is 13.2 Å². The number of carbonyl (C=O) groups is 1. The van der Waals surface area contributed by atoms with E-state index in [0.29, 0.717) is 44.5 Å². The number of rotatable bonds is 5. The van der Waals surface area contributed by atoms with Crippen LogP contribution in [0.5, 0.6) is 0 Å². The highest BCUT2D eigenvalue weighted by Crippen LogP contribution is 2.31. The summed E-state index contributed by atoms with van der Waals surface area (Å²) >= 11 is 6.03. The predicted octanol–water partition coefficient (Wildman–Crippen LogP) is 1.04. The third-order valence-electron chi connectivity index (χ3n) is 4.79. The van der Waals surface area contributed by atoms with Crippen LogP contribution >= 0.6 is 11.6 Å². The largest absolute Gasteiger partial charge is 0.419 e. The summed E-state index contributed by atoms with van der Waals surface area (Å²) in [5.41, 5.74) is -0.800. The normalized spacial score (nSPS) is 17.5. The van der Waals surface area contributed by atoms with Crippen molar-refractivity contribution >= 4 is 23.3 Å². The van der Waals surface area contributed by atoms with E-state index in [4.69, 9.17) is 11.6 Å². The lowest BCUT2D eigenvalue weighted by Crippen LogP contribution is -3.16. The van der Waals surface area contributed by atoms with Crippen molar-refractivity contribution in [1.29, 1.82) is 0 Å². The molecule has 0 aliphatic carbocycles. The number of alkyl halides is 3. The molecule has 1 atom stereocenters. The molecule has 3 N–H and O–H groups in total. The van der Waals surface area contributed by atoms with E-state index in [2.05, 4.69) is 24.1 Å². The lowest BCUT2D eigenvalue weighted by molar-refractivity contribution is -0.892. The molecule has 1 aromatic heterocycles. The molecule has 1 aliphatic rings. The van der Waals surface area contributed by atoms with Gasteiger partial charge >= 0.3 is 6.18 Å². The Hall–Kier alpha value is -1.54. The summed E-state index contributed by atoms with van der Waals surface area (Å²) in [6.07, 6.45) is -3.50. The number of aromatic amines is 1. The molecule has 0 radical (unpaired) electrons. The molecule has 2 heterocycles. The van der Waals surface area contributed by atoms with Gasteiger partial charge in [-0.15, -0.1) is 0 Å². The van der Waals surface area contributed by atoms with Crippen molar-refractivity contribution in [2.45, 2.75) is 33.0 Å². The van der Waals surface area contributed by atoms with Gasteiger partial charge in [0.05, 0.1) is 5.56 Å². The fraction of sp³-hybridized carbons (Fsp3) is 0.647. The zero-order chi connectivity index (χ0) is 19.5. The third-order valence-corrected chi connectivity index (χ3v) is 5.07. The number of H-pyrrole nitrogens is 1. The minimum absolute atomic E-state index is 0.0220. The van der Waals surface area contributed by atoms with Gasteiger partial charge in [0.25, 0.3) is 11.7 Å². The Balaban J connectivity index is 1.89. The number of anilines is 1. The van der Waals surface area contributed by atoms with Crippen molar-refractivity contribution in [3.63, 3.8) is 0 Å². The molecule has 1 fully saturated rings. The van der Waals surface area contributed by atoms with Gasteiger partial charge in [0, 0.05) is 6.04 Å². The van der Waals surface area contributed by atoms with Gasteiger partial charge in [-0.05, 0) is 18.9 Å². The molecule has 146 valence electrons. The van der Waals surface area contributed by atoms with Gasteiger partial charge in [-0.25, -0.2) is 9.88 Å². The standard InChI is InChI=1S/C17H24ClF3N4O/c1-11(2)12(3)23-15(26)10-24-4-6-25(7-5-24)16-14(18)8-13(9-22-16)17(19,20)21/h8-9,11-12H,4-7,10H2,1-3H3,(H,23,26)/p+2/t12-/m0/s1. The van der Waals surface area contributed by atoms with E-state index in [9.17, 15) is 18.0 Å². The number of halogens is 4. The Kier molecular flexibility index (Phi) is 6.74. The quantitative estimate of drug-likeness (QED) is 0.784. The predicted molar refractivity (Wildman–Crippen MR) is 93.2 cm³/mol. The minimum atomic E-state index is -4.43. The van der Waals surface area contributed by atoms with Gasteiger partial charge in [0.1, 0.15) is 37.4 Å². The molecule has 0 bridgehead atoms. The second kappa shape index (κ2) is 8.43. The molecule has 0 unspecified atom stereocenters. The van der Waals surface area contributed by atoms with E-state index in [1.54, 1.807) is 0 Å². The summed E-state index contributed by atoms with van der Waals surface area (Å²) in [5.74, 6) is 0.883. The van der Waals surface area contributed by atoms with Gasteiger partial charge < -0.3 is 10.2 Å². The van der Waals surface area contributed by atoms with Crippen molar-refractivity contribution in [2.24, 2.45) is 5.92 Å². The number of aromatic nitrogens is 1. The number of hydrogen-bond acceptors (Lipinski definition) is 2. The summed E-state index contributed by atoms with van der Waals surface area (Å²) in [7, 11) is 0. The summed E-state index contributed by atoms with van der Waals surface area (Å²) in [6.45, 7) is 9.16. The Morgan fingerprint density at radius 3 is 2.46 bits per heavy atom. The molecular weight excluding hydrogens is 369 g/mol. The molecule has 1 saturated heterocycles. The molecule has 2 rings (SSSR count). The molecule has 1 amide bonds.